The Bertz CT molecular complexity index is 1270. The lowest BCUT2D eigenvalue weighted by Crippen LogP contribution is -2.65. The number of nitrogens with zero attached hydrogens (tertiary/aromatic N) is 2. The number of phenolic OH excluding ortho intramolecular Hbond substituents is 1. The predicted molar refractivity (Wildman–Crippen MR) is 141 cm³/mol. The largest absolute Gasteiger partial charge is 0.508 e. The number of rotatable bonds is 3. The summed E-state index contributed by atoms with van der Waals surface area (Å²) in [6, 6.07) is -1.13. The maximum Gasteiger partial charge on any atom is 0.255 e. The number of nitrogen functional groups attached to an aromatic ring is 1. The number of aromatic hydroxyl groups is 1. The SMILES string of the molecule is Br.CN(C)c1c(Br)c(N)c(O)c2c1CC1CC3[C@H](N(C)C)C(=O)C(C(N)=O)=C(O)[C@@]3(O)C(=O)C1=C2O. The Morgan fingerprint density at radius 1 is 1.14 bits per heavy atom. The second-order valence-corrected chi connectivity index (χ2v) is 10.4. The number of aliphatic hydroxyl groups excluding tert-OH is 2. The number of halogens is 2. The molecule has 4 atom stereocenters. The smallest absolute Gasteiger partial charge is 0.255 e. The lowest BCUT2D eigenvalue weighted by molar-refractivity contribution is -0.153. The van der Waals surface area contributed by atoms with Crippen LogP contribution in [0.3, 0.4) is 0 Å². The summed E-state index contributed by atoms with van der Waals surface area (Å²) in [5, 5.41) is 44.5. The molecule has 11 nitrogen and oxygen atoms in total. The summed E-state index contributed by atoms with van der Waals surface area (Å²) in [6.45, 7) is 0. The average molecular weight is 632 g/mol. The van der Waals surface area contributed by atoms with Crippen molar-refractivity contribution in [2.45, 2.75) is 24.5 Å². The average Bonchev–Trinajstić information content (AvgIpc) is 2.74. The van der Waals surface area contributed by atoms with Crippen molar-refractivity contribution in [1.29, 1.82) is 0 Å². The van der Waals surface area contributed by atoms with Crippen LogP contribution in [0.15, 0.2) is 21.4 Å². The van der Waals surface area contributed by atoms with Crippen molar-refractivity contribution in [2.75, 3.05) is 38.8 Å². The predicted octanol–water partition coefficient (Wildman–Crippen LogP) is 0.953. The van der Waals surface area contributed by atoms with E-state index in [4.69, 9.17) is 11.5 Å². The summed E-state index contributed by atoms with van der Waals surface area (Å²) in [4.78, 5) is 42.1. The molecule has 4 rings (SSSR count). The molecule has 0 aromatic heterocycles. The van der Waals surface area contributed by atoms with Crippen LogP contribution in [-0.2, 0) is 20.8 Å². The van der Waals surface area contributed by atoms with Crippen molar-refractivity contribution in [3.8, 4) is 5.75 Å². The summed E-state index contributed by atoms with van der Waals surface area (Å²) in [5.41, 5.74) is 8.64. The number of likely N-dealkylation sites (N-methyl/N-ethyl adjacent to an activating group) is 1. The second kappa shape index (κ2) is 9.05. The monoisotopic (exact) mass is 630 g/mol. The lowest BCUT2D eigenvalue weighted by Gasteiger charge is -2.50. The van der Waals surface area contributed by atoms with Gasteiger partial charge in [0.2, 0.25) is 5.78 Å². The van der Waals surface area contributed by atoms with Gasteiger partial charge >= 0.3 is 0 Å². The number of carbonyl (C=O) groups excluding carboxylic acids is 3. The van der Waals surface area contributed by atoms with E-state index in [1.807, 2.05) is 0 Å². The number of hydrogen-bond acceptors (Lipinski definition) is 10. The summed E-state index contributed by atoms with van der Waals surface area (Å²) in [7, 11) is 6.62. The van der Waals surface area contributed by atoms with E-state index >= 15 is 0 Å². The molecule has 0 saturated heterocycles. The molecule has 1 fully saturated rings. The molecule has 13 heteroatoms. The van der Waals surface area contributed by atoms with Gasteiger partial charge in [-0.15, -0.1) is 17.0 Å². The first-order valence-electron chi connectivity index (χ1n) is 10.8. The molecule has 8 N–H and O–H groups in total. The van der Waals surface area contributed by atoms with Crippen molar-refractivity contribution < 1.29 is 34.8 Å². The van der Waals surface area contributed by atoms with Crippen LogP contribution in [0.5, 0.6) is 5.75 Å². The van der Waals surface area contributed by atoms with Crippen molar-refractivity contribution in [3.05, 3.63) is 32.5 Å². The van der Waals surface area contributed by atoms with Gasteiger partial charge in [-0.2, -0.15) is 0 Å². The fraction of sp³-hybridized carbons (Fsp3) is 0.435. The molecule has 0 aliphatic heterocycles. The molecule has 1 saturated carbocycles. The molecule has 2 unspecified atom stereocenters. The summed E-state index contributed by atoms with van der Waals surface area (Å²) in [6.07, 6.45) is 0.190. The highest BCUT2D eigenvalue weighted by Gasteiger charge is 2.64. The van der Waals surface area contributed by atoms with Gasteiger partial charge in [0.25, 0.3) is 5.91 Å². The Morgan fingerprint density at radius 3 is 2.22 bits per heavy atom. The Labute approximate surface area is 225 Å². The standard InChI is InChI=1S/C23H27BrN4O7.BrH/c1-27(2)15-8-5-7-6-9-16(28(3)4)19(31)12(22(26)34)21(33)23(9,35)20(32)10(7)17(29)11(8)18(30)14(25)13(15)24;/h7,9,16,29-30,33,35H,5-6,25H2,1-4H3,(H2,26,34);1H/t7?,9?,16-,23-;/m0./s1. The van der Waals surface area contributed by atoms with Crippen molar-refractivity contribution in [2.24, 2.45) is 17.6 Å². The van der Waals surface area contributed by atoms with Gasteiger partial charge in [0.15, 0.2) is 17.1 Å². The fourth-order valence-electron chi connectivity index (χ4n) is 5.81. The molecule has 3 aliphatic carbocycles. The number of amides is 1. The number of carbonyl (C=O) groups is 3. The minimum atomic E-state index is -2.68. The Morgan fingerprint density at radius 2 is 1.72 bits per heavy atom. The Balaban J connectivity index is 0.00000361. The maximum absolute atomic E-state index is 13.8. The molecular formula is C23H28Br2N4O7. The lowest BCUT2D eigenvalue weighted by atomic mass is 9.57. The molecule has 1 aromatic carbocycles. The molecule has 196 valence electrons. The first-order valence-corrected chi connectivity index (χ1v) is 11.6. The summed E-state index contributed by atoms with van der Waals surface area (Å²) >= 11 is 3.39. The molecule has 0 spiro atoms. The zero-order valence-corrected chi connectivity index (χ0v) is 23.3. The number of primary amides is 1. The van der Waals surface area contributed by atoms with E-state index in [1.165, 1.54) is 4.90 Å². The van der Waals surface area contributed by atoms with Gasteiger partial charge in [0.1, 0.15) is 17.1 Å². The Hall–Kier alpha value is -2.61. The van der Waals surface area contributed by atoms with Gasteiger partial charge in [-0.25, -0.2) is 0 Å². The van der Waals surface area contributed by atoms with E-state index in [0.29, 0.717) is 15.7 Å². The van der Waals surface area contributed by atoms with Crippen LogP contribution in [0.4, 0.5) is 11.4 Å². The second-order valence-electron chi connectivity index (χ2n) is 9.63. The topological polar surface area (TPSA) is 191 Å². The third-order valence-electron chi connectivity index (χ3n) is 7.28. The Kier molecular flexibility index (Phi) is 7.03. The number of hydrogen-bond donors (Lipinski definition) is 6. The summed E-state index contributed by atoms with van der Waals surface area (Å²) < 4.78 is 0.416. The van der Waals surface area contributed by atoms with Crippen LogP contribution in [-0.4, -0.2) is 82.6 Å². The van der Waals surface area contributed by atoms with Gasteiger partial charge in [-0.1, -0.05) is 0 Å². The highest BCUT2D eigenvalue weighted by molar-refractivity contribution is 9.10. The van der Waals surface area contributed by atoms with E-state index in [1.54, 1.807) is 33.1 Å². The van der Waals surface area contributed by atoms with Crippen molar-refractivity contribution in [1.82, 2.24) is 4.90 Å². The van der Waals surface area contributed by atoms with Crippen LogP contribution in [0.1, 0.15) is 17.5 Å². The van der Waals surface area contributed by atoms with E-state index in [0.717, 1.165) is 0 Å². The van der Waals surface area contributed by atoms with Gasteiger partial charge in [0, 0.05) is 25.6 Å². The molecule has 0 radical (unpaired) electrons. The number of ketones is 2. The zero-order valence-electron chi connectivity index (χ0n) is 20.0. The minimum absolute atomic E-state index is 0. The van der Waals surface area contributed by atoms with Crippen molar-refractivity contribution in [3.63, 3.8) is 0 Å². The third-order valence-corrected chi connectivity index (χ3v) is 8.09. The minimum Gasteiger partial charge on any atom is -0.508 e. The molecule has 0 heterocycles. The highest BCUT2D eigenvalue weighted by atomic mass is 79.9. The maximum atomic E-state index is 13.8. The van der Waals surface area contributed by atoms with E-state index in [-0.39, 0.29) is 46.6 Å². The quantitative estimate of drug-likeness (QED) is 0.159. The number of benzene rings is 1. The van der Waals surface area contributed by atoms with Gasteiger partial charge in [-0.05, 0) is 54.3 Å². The number of phenols is 1. The first kappa shape index (κ1) is 28.0. The van der Waals surface area contributed by atoms with Gasteiger partial charge in [-0.3, -0.25) is 19.3 Å². The molecule has 36 heavy (non-hydrogen) atoms. The fourth-order valence-corrected chi connectivity index (χ4v) is 6.59. The highest BCUT2D eigenvalue weighted by Crippen LogP contribution is 2.55. The van der Waals surface area contributed by atoms with E-state index < -0.39 is 63.8 Å². The molecule has 0 bridgehead atoms. The third kappa shape index (κ3) is 3.47. The van der Waals surface area contributed by atoms with Crippen LogP contribution in [0.25, 0.3) is 5.76 Å². The van der Waals surface area contributed by atoms with E-state index in [2.05, 4.69) is 15.9 Å². The molecular weight excluding hydrogens is 604 g/mol. The summed E-state index contributed by atoms with van der Waals surface area (Å²) in [5.74, 6) is -7.07. The number of fused-ring (bicyclic) bond motifs is 3. The number of aliphatic hydroxyl groups is 3. The van der Waals surface area contributed by atoms with Gasteiger partial charge < -0.3 is 36.8 Å². The molecule has 3 aliphatic rings. The molecule has 1 aromatic rings. The van der Waals surface area contributed by atoms with Gasteiger partial charge in [0.05, 0.1) is 27.5 Å². The normalized spacial score (nSPS) is 27.4. The number of nitrogens with two attached hydrogens (primary N) is 2. The first-order chi connectivity index (χ1) is 16.2. The van der Waals surface area contributed by atoms with Crippen LogP contribution < -0.4 is 16.4 Å². The molecule has 1 amide bonds. The van der Waals surface area contributed by atoms with E-state index in [9.17, 15) is 34.8 Å². The zero-order chi connectivity index (χ0) is 26.3. The number of Topliss-reactive ketones (excluding diaryl/α,β-unsaturated/α-hetero) is 2. The van der Waals surface area contributed by atoms with Crippen molar-refractivity contribution >= 4 is 67.5 Å². The van der Waals surface area contributed by atoms with Crippen LogP contribution in [0.2, 0.25) is 0 Å². The van der Waals surface area contributed by atoms with Crippen LogP contribution in [0, 0.1) is 11.8 Å². The number of anilines is 2. The van der Waals surface area contributed by atoms with Crippen LogP contribution >= 0.6 is 32.9 Å².